The number of fused-ring (bicyclic) bond motifs is 1. The van der Waals surface area contributed by atoms with Crippen molar-refractivity contribution in [3.63, 3.8) is 0 Å². The highest BCUT2D eigenvalue weighted by molar-refractivity contribution is 6.08. The van der Waals surface area contributed by atoms with Gasteiger partial charge in [-0.1, -0.05) is 12.8 Å². The topological polar surface area (TPSA) is 111 Å². The van der Waals surface area contributed by atoms with Gasteiger partial charge >= 0.3 is 5.97 Å². The van der Waals surface area contributed by atoms with Crippen LogP contribution < -0.4 is 5.32 Å². The molecule has 9 nitrogen and oxygen atoms in total. The number of imide groups is 1. The second kappa shape index (κ2) is 8.34. The lowest BCUT2D eigenvalue weighted by Gasteiger charge is -2.23. The Morgan fingerprint density at radius 2 is 1.69 bits per heavy atom. The third-order valence-corrected chi connectivity index (χ3v) is 5.68. The maximum absolute atomic E-state index is 12.6. The molecule has 2 aliphatic rings. The van der Waals surface area contributed by atoms with Gasteiger partial charge in [-0.05, 0) is 40.5 Å². The molecular weight excluding hydrogens is 376 g/mol. The Morgan fingerprint density at radius 3 is 2.24 bits per heavy atom. The van der Waals surface area contributed by atoms with Crippen molar-refractivity contribution in [2.24, 2.45) is 11.8 Å². The fraction of sp³-hybridized carbons (Fsp3) is 0.650. The fourth-order valence-corrected chi connectivity index (χ4v) is 4.05. The van der Waals surface area contributed by atoms with E-state index in [2.05, 4.69) is 10.4 Å². The van der Waals surface area contributed by atoms with Crippen molar-refractivity contribution in [1.82, 2.24) is 14.7 Å². The van der Waals surface area contributed by atoms with Gasteiger partial charge in [-0.2, -0.15) is 5.10 Å². The molecule has 2 heterocycles. The molecule has 9 heteroatoms. The smallest absolute Gasteiger partial charge is 0.329 e. The minimum Gasteiger partial charge on any atom is -0.451 e. The predicted octanol–water partition coefficient (Wildman–Crippen LogP) is 1.90. The number of ether oxygens (including phenoxy) is 1. The number of rotatable bonds is 6. The van der Waals surface area contributed by atoms with E-state index in [-0.39, 0.29) is 29.7 Å². The Labute approximate surface area is 169 Å². The summed E-state index contributed by atoms with van der Waals surface area (Å²) in [5.74, 6) is -2.06. The summed E-state index contributed by atoms with van der Waals surface area (Å²) in [7, 11) is 0. The van der Waals surface area contributed by atoms with Gasteiger partial charge in [0, 0.05) is 12.1 Å². The molecule has 4 atom stereocenters. The minimum absolute atomic E-state index is 0.0499. The van der Waals surface area contributed by atoms with Gasteiger partial charge in [-0.15, -0.1) is 0 Å². The summed E-state index contributed by atoms with van der Waals surface area (Å²) in [6.07, 6.45) is 3.66. The minimum atomic E-state index is -1.09. The van der Waals surface area contributed by atoms with Gasteiger partial charge in [0.05, 0.1) is 18.0 Å². The van der Waals surface area contributed by atoms with Crippen molar-refractivity contribution in [2.45, 2.75) is 71.6 Å². The first kappa shape index (κ1) is 21.0. The largest absolute Gasteiger partial charge is 0.451 e. The van der Waals surface area contributed by atoms with Crippen LogP contribution in [0.25, 0.3) is 0 Å². The molecule has 1 aliphatic heterocycles. The first-order valence-electron chi connectivity index (χ1n) is 10.1. The van der Waals surface area contributed by atoms with Crippen molar-refractivity contribution >= 4 is 29.5 Å². The van der Waals surface area contributed by atoms with Crippen molar-refractivity contribution in [1.29, 1.82) is 0 Å². The summed E-state index contributed by atoms with van der Waals surface area (Å²) < 4.78 is 6.90. The number of esters is 1. The van der Waals surface area contributed by atoms with E-state index in [1.165, 1.54) is 13.8 Å². The van der Waals surface area contributed by atoms with E-state index in [0.717, 1.165) is 17.7 Å². The second-order valence-corrected chi connectivity index (χ2v) is 8.04. The molecular formula is C20H28N4O5. The average molecular weight is 404 g/mol. The van der Waals surface area contributed by atoms with Crippen molar-refractivity contribution in [3.8, 4) is 0 Å². The van der Waals surface area contributed by atoms with Crippen LogP contribution >= 0.6 is 0 Å². The predicted molar refractivity (Wildman–Crippen MR) is 104 cm³/mol. The zero-order chi connectivity index (χ0) is 21.3. The molecule has 0 unspecified atom stereocenters. The number of aromatic nitrogens is 2. The van der Waals surface area contributed by atoms with Gasteiger partial charge in [-0.3, -0.25) is 19.3 Å². The van der Waals surface area contributed by atoms with Gasteiger partial charge < -0.3 is 10.1 Å². The van der Waals surface area contributed by atoms with Crippen LogP contribution in [0.15, 0.2) is 12.3 Å². The Morgan fingerprint density at radius 1 is 1.10 bits per heavy atom. The number of hydrogen-bond acceptors (Lipinski definition) is 6. The van der Waals surface area contributed by atoms with E-state index >= 15 is 0 Å². The van der Waals surface area contributed by atoms with Crippen LogP contribution in [0.3, 0.4) is 0 Å². The SMILES string of the molecule is CC(C)n1nccc1NC(=O)[C@H](C)OC(=O)[C@H](C)N1C(=O)[C@H]2CCCC[C@H]2C1=O. The Hall–Kier alpha value is -2.71. The molecule has 3 amide bonds. The van der Waals surface area contributed by atoms with Crippen LogP contribution in [0.5, 0.6) is 0 Å². The van der Waals surface area contributed by atoms with E-state index in [4.69, 9.17) is 4.74 Å². The molecule has 0 bridgehead atoms. The highest BCUT2D eigenvalue weighted by Gasteiger charge is 2.51. The molecule has 29 heavy (non-hydrogen) atoms. The molecule has 3 rings (SSSR count). The van der Waals surface area contributed by atoms with E-state index < -0.39 is 24.0 Å². The summed E-state index contributed by atoms with van der Waals surface area (Å²) in [4.78, 5) is 51.3. The molecule has 1 N–H and O–H groups in total. The van der Waals surface area contributed by atoms with E-state index in [9.17, 15) is 19.2 Å². The van der Waals surface area contributed by atoms with Crippen LogP contribution in [-0.4, -0.2) is 50.5 Å². The number of amides is 3. The van der Waals surface area contributed by atoms with Gasteiger partial charge in [0.25, 0.3) is 5.91 Å². The van der Waals surface area contributed by atoms with Gasteiger partial charge in [0.2, 0.25) is 11.8 Å². The number of likely N-dealkylation sites (tertiary alicyclic amines) is 1. The normalized spacial score (nSPS) is 23.7. The lowest BCUT2D eigenvalue weighted by atomic mass is 9.81. The van der Waals surface area contributed by atoms with Crippen LogP contribution in [0.4, 0.5) is 5.82 Å². The standard InChI is InChI=1S/C20H28N4O5/c1-11(2)24-16(9-10-21-24)22-17(25)13(4)29-20(28)12(3)23-18(26)14-7-5-6-8-15(14)19(23)27/h9-15H,5-8H2,1-4H3,(H,22,25)/t12-,13-,14-,15+/m0/s1. The molecule has 1 aromatic rings. The van der Waals surface area contributed by atoms with Crippen LogP contribution in [0.1, 0.15) is 59.4 Å². The second-order valence-electron chi connectivity index (χ2n) is 8.04. The zero-order valence-electron chi connectivity index (χ0n) is 17.3. The lowest BCUT2D eigenvalue weighted by molar-refractivity contribution is -0.163. The quantitative estimate of drug-likeness (QED) is 0.573. The maximum atomic E-state index is 12.6. The molecule has 2 fully saturated rings. The molecule has 1 saturated carbocycles. The molecule has 1 saturated heterocycles. The van der Waals surface area contributed by atoms with Crippen molar-refractivity contribution in [3.05, 3.63) is 12.3 Å². The molecule has 1 aromatic heterocycles. The summed E-state index contributed by atoms with van der Waals surface area (Å²) in [6, 6.07) is 0.643. The van der Waals surface area contributed by atoms with Crippen LogP contribution in [0.2, 0.25) is 0 Å². The molecule has 158 valence electrons. The van der Waals surface area contributed by atoms with Crippen molar-refractivity contribution in [2.75, 3.05) is 5.32 Å². The Bertz CT molecular complexity index is 794. The molecule has 0 aromatic carbocycles. The maximum Gasteiger partial charge on any atom is 0.329 e. The summed E-state index contributed by atoms with van der Waals surface area (Å²) in [6.45, 7) is 6.77. The highest BCUT2D eigenvalue weighted by Crippen LogP contribution is 2.38. The summed E-state index contributed by atoms with van der Waals surface area (Å²) >= 11 is 0. The number of nitrogens with zero attached hydrogens (tertiary/aromatic N) is 3. The highest BCUT2D eigenvalue weighted by atomic mass is 16.5. The third kappa shape index (κ3) is 4.04. The van der Waals surface area contributed by atoms with E-state index in [1.807, 2.05) is 13.8 Å². The van der Waals surface area contributed by atoms with Gasteiger partial charge in [0.15, 0.2) is 6.10 Å². The lowest BCUT2D eigenvalue weighted by Crippen LogP contribution is -2.46. The monoisotopic (exact) mass is 404 g/mol. The van der Waals surface area contributed by atoms with Gasteiger partial charge in [-0.25, -0.2) is 9.48 Å². The zero-order valence-corrected chi connectivity index (χ0v) is 17.3. The first-order valence-corrected chi connectivity index (χ1v) is 10.1. The number of anilines is 1. The fourth-order valence-electron chi connectivity index (χ4n) is 4.05. The third-order valence-electron chi connectivity index (χ3n) is 5.68. The summed E-state index contributed by atoms with van der Waals surface area (Å²) in [5.41, 5.74) is 0. The van der Waals surface area contributed by atoms with Gasteiger partial charge in [0.1, 0.15) is 11.9 Å². The number of nitrogens with one attached hydrogen (secondary N) is 1. The molecule has 0 radical (unpaired) electrons. The van der Waals surface area contributed by atoms with Crippen molar-refractivity contribution < 1.29 is 23.9 Å². The number of hydrogen-bond donors (Lipinski definition) is 1. The van der Waals surface area contributed by atoms with E-state index in [0.29, 0.717) is 18.7 Å². The average Bonchev–Trinajstić information content (AvgIpc) is 3.24. The summed E-state index contributed by atoms with van der Waals surface area (Å²) in [5, 5.41) is 6.81. The van der Waals surface area contributed by atoms with Crippen LogP contribution in [0, 0.1) is 11.8 Å². The Kier molecular flexibility index (Phi) is 6.04. The Balaban J connectivity index is 1.61. The van der Waals surface area contributed by atoms with E-state index in [1.54, 1.807) is 16.9 Å². The molecule has 0 spiro atoms. The number of carbonyl (C=O) groups is 4. The first-order chi connectivity index (χ1) is 13.7. The number of carbonyl (C=O) groups excluding carboxylic acids is 4. The molecule has 1 aliphatic carbocycles. The van der Waals surface area contributed by atoms with Crippen LogP contribution in [-0.2, 0) is 23.9 Å².